The Balaban J connectivity index is 1.33. The van der Waals surface area contributed by atoms with Crippen molar-refractivity contribution in [2.75, 3.05) is 6.54 Å². The molecule has 9 nitrogen and oxygen atoms in total. The van der Waals surface area contributed by atoms with Gasteiger partial charge in [0.1, 0.15) is 11.9 Å². The van der Waals surface area contributed by atoms with Crippen LogP contribution in [0.15, 0.2) is 59.0 Å². The van der Waals surface area contributed by atoms with Crippen molar-refractivity contribution in [2.45, 2.75) is 58.5 Å². The van der Waals surface area contributed by atoms with Gasteiger partial charge in [0.15, 0.2) is 0 Å². The first-order valence-electron chi connectivity index (χ1n) is 13.4. The number of fused-ring (bicyclic) bond motifs is 1. The number of rotatable bonds is 7. The number of nitrogens with zero attached hydrogens (tertiary/aromatic N) is 5. The molecular formula is C30H32N6O3S. The number of carbonyl (C=O) groups is 2. The second-order valence-electron chi connectivity index (χ2n) is 10.6. The maximum atomic E-state index is 14.0. The number of nitriles is 1. The van der Waals surface area contributed by atoms with Gasteiger partial charge in [-0.3, -0.25) is 9.59 Å². The molecule has 3 aromatic rings. The number of hydrogen-bond donors (Lipinski definition) is 2. The van der Waals surface area contributed by atoms with Crippen molar-refractivity contribution in [3.05, 3.63) is 76.4 Å². The molecule has 40 heavy (non-hydrogen) atoms. The van der Waals surface area contributed by atoms with E-state index in [0.29, 0.717) is 24.5 Å². The molecule has 3 heterocycles. The predicted octanol–water partition coefficient (Wildman–Crippen LogP) is 3.73. The minimum Gasteiger partial charge on any atom is -0.391 e. The molecule has 3 atom stereocenters. The number of β-amino-alcohol motifs (C(OH)–C–C–N with tert-alkyl or cyclic N) is 1. The van der Waals surface area contributed by atoms with Gasteiger partial charge in [-0.15, -0.1) is 11.3 Å². The molecule has 206 valence electrons. The summed E-state index contributed by atoms with van der Waals surface area (Å²) in [6.07, 6.45) is 1.34. The quantitative estimate of drug-likeness (QED) is 0.260. The van der Waals surface area contributed by atoms with E-state index >= 15 is 0 Å². The smallest absolute Gasteiger partial charge is 0.255 e. The minimum absolute atomic E-state index is 0.108. The zero-order valence-electron chi connectivity index (χ0n) is 22.7. The van der Waals surface area contributed by atoms with Crippen LogP contribution in [-0.4, -0.2) is 62.3 Å². The molecule has 1 saturated heterocycles. The highest BCUT2D eigenvalue weighted by atomic mass is 32.1. The fourth-order valence-corrected chi connectivity index (χ4v) is 6.41. The second kappa shape index (κ2) is 11.6. The molecule has 0 bridgehead atoms. The highest BCUT2D eigenvalue weighted by Crippen LogP contribution is 2.31. The van der Waals surface area contributed by atoms with E-state index in [1.165, 1.54) is 0 Å². The Bertz CT molecular complexity index is 1480. The van der Waals surface area contributed by atoms with Gasteiger partial charge in [-0.1, -0.05) is 56.3 Å². The van der Waals surface area contributed by atoms with Crippen LogP contribution in [0.1, 0.15) is 47.4 Å². The van der Waals surface area contributed by atoms with E-state index in [0.717, 1.165) is 27.3 Å². The summed E-state index contributed by atoms with van der Waals surface area (Å²) in [5.74, 6) is -0.253. The molecule has 1 fully saturated rings. The van der Waals surface area contributed by atoms with Gasteiger partial charge >= 0.3 is 0 Å². The lowest BCUT2D eigenvalue weighted by molar-refractivity contribution is -0.138. The number of nitrogens with one attached hydrogen (secondary N) is 1. The van der Waals surface area contributed by atoms with Crippen molar-refractivity contribution >= 4 is 29.0 Å². The van der Waals surface area contributed by atoms with Crippen LogP contribution in [-0.2, 0) is 17.9 Å². The Morgan fingerprint density at radius 3 is 2.65 bits per heavy atom. The van der Waals surface area contributed by atoms with E-state index in [2.05, 4.69) is 15.3 Å². The molecule has 0 aliphatic carbocycles. The molecular weight excluding hydrogens is 524 g/mol. The maximum absolute atomic E-state index is 14.0. The normalized spacial score (nSPS) is 19.6. The molecule has 0 radical (unpaired) electrons. The summed E-state index contributed by atoms with van der Waals surface area (Å²) >= 11 is 1.60. The molecule has 0 spiro atoms. The van der Waals surface area contributed by atoms with Crippen molar-refractivity contribution < 1.29 is 14.7 Å². The van der Waals surface area contributed by atoms with E-state index < -0.39 is 18.2 Å². The molecule has 2 amide bonds. The van der Waals surface area contributed by atoms with Gasteiger partial charge in [-0.25, -0.2) is 4.98 Å². The van der Waals surface area contributed by atoms with Crippen molar-refractivity contribution in [1.29, 1.82) is 5.26 Å². The summed E-state index contributed by atoms with van der Waals surface area (Å²) in [7, 11) is 0. The lowest BCUT2D eigenvalue weighted by Gasteiger charge is -2.35. The Hall–Kier alpha value is -4.07. The zero-order valence-corrected chi connectivity index (χ0v) is 23.6. The van der Waals surface area contributed by atoms with Crippen LogP contribution in [0.5, 0.6) is 0 Å². The van der Waals surface area contributed by atoms with Crippen molar-refractivity contribution in [3.8, 4) is 16.6 Å². The van der Waals surface area contributed by atoms with Gasteiger partial charge in [0, 0.05) is 31.6 Å². The summed E-state index contributed by atoms with van der Waals surface area (Å²) < 4.78 is 0. The monoisotopic (exact) mass is 556 g/mol. The molecule has 10 heteroatoms. The van der Waals surface area contributed by atoms with E-state index in [1.54, 1.807) is 27.2 Å². The lowest BCUT2D eigenvalue weighted by atomic mass is 10.00. The third kappa shape index (κ3) is 5.35. The van der Waals surface area contributed by atoms with Crippen molar-refractivity contribution in [2.24, 2.45) is 10.9 Å². The van der Waals surface area contributed by atoms with Crippen LogP contribution >= 0.6 is 11.3 Å². The maximum Gasteiger partial charge on any atom is 0.255 e. The van der Waals surface area contributed by atoms with Gasteiger partial charge in [0.05, 0.1) is 28.2 Å². The number of amidine groups is 1. The Kier molecular flexibility index (Phi) is 7.96. The number of aryl methyl sites for hydroxylation is 1. The Morgan fingerprint density at radius 2 is 2.00 bits per heavy atom. The SMILES string of the molecule is Cc1ncsc1-c1ccc(CN/C(=N/C#N)[C@@H]2C[C@@H](O)CN2C(=O)[C@H](C(C)C)N2Cc3ccccc3C2=O)cc1. The van der Waals surface area contributed by atoms with Crippen LogP contribution in [0.3, 0.4) is 0 Å². The number of likely N-dealkylation sites (tertiary alicyclic amines) is 1. The van der Waals surface area contributed by atoms with Crippen LogP contribution in [0.4, 0.5) is 0 Å². The number of aliphatic imine (C=N–C) groups is 1. The van der Waals surface area contributed by atoms with Crippen LogP contribution in [0, 0.1) is 24.3 Å². The van der Waals surface area contributed by atoms with E-state index in [1.807, 2.05) is 74.9 Å². The first-order chi connectivity index (χ1) is 19.3. The standard InChI is InChI=1S/C30H32N6O3S/c1-18(2)26(36-14-22-6-4-5-7-24(22)29(36)38)30(39)35-15-23(37)12-25(35)28(33-16-31)32-13-20-8-10-21(11-9-20)27-19(3)34-17-40-27/h4-11,17-18,23,25-26,37H,12-15H2,1-3H3,(H,32,33)/t23-,25+,26+/m1/s1. The number of carbonyl (C=O) groups excluding carboxylic acids is 2. The zero-order chi connectivity index (χ0) is 28.4. The third-order valence-electron chi connectivity index (χ3n) is 7.55. The number of aliphatic hydroxyl groups excluding tert-OH is 1. The van der Waals surface area contributed by atoms with Gasteiger partial charge in [-0.2, -0.15) is 10.3 Å². The molecule has 5 rings (SSSR count). The summed E-state index contributed by atoms with van der Waals surface area (Å²) in [4.78, 5) is 39.9. The van der Waals surface area contributed by atoms with Gasteiger partial charge < -0.3 is 20.2 Å². The number of benzene rings is 2. The van der Waals surface area contributed by atoms with Crippen LogP contribution in [0.25, 0.3) is 10.4 Å². The molecule has 0 saturated carbocycles. The van der Waals surface area contributed by atoms with E-state index in [9.17, 15) is 20.0 Å². The first-order valence-corrected chi connectivity index (χ1v) is 14.2. The summed E-state index contributed by atoms with van der Waals surface area (Å²) in [5, 5.41) is 23.3. The van der Waals surface area contributed by atoms with Crippen LogP contribution in [0.2, 0.25) is 0 Å². The van der Waals surface area contributed by atoms with Crippen molar-refractivity contribution in [1.82, 2.24) is 20.1 Å². The second-order valence-corrected chi connectivity index (χ2v) is 11.4. The highest BCUT2D eigenvalue weighted by molar-refractivity contribution is 7.13. The average Bonchev–Trinajstić information content (AvgIpc) is 3.64. The molecule has 0 unspecified atom stereocenters. The summed E-state index contributed by atoms with van der Waals surface area (Å²) in [5.41, 5.74) is 6.40. The average molecular weight is 557 g/mol. The van der Waals surface area contributed by atoms with Gasteiger partial charge in [0.2, 0.25) is 12.1 Å². The largest absolute Gasteiger partial charge is 0.391 e. The number of hydrogen-bond acceptors (Lipinski definition) is 7. The number of thiazole rings is 1. The van der Waals surface area contributed by atoms with Crippen molar-refractivity contribution in [3.63, 3.8) is 0 Å². The number of amides is 2. The third-order valence-corrected chi connectivity index (χ3v) is 8.53. The number of aromatic nitrogens is 1. The summed E-state index contributed by atoms with van der Waals surface area (Å²) in [6.45, 7) is 6.68. The van der Waals surface area contributed by atoms with E-state index in [4.69, 9.17) is 0 Å². The fourth-order valence-electron chi connectivity index (χ4n) is 5.60. The highest BCUT2D eigenvalue weighted by Gasteiger charge is 2.45. The van der Waals surface area contributed by atoms with Crippen LogP contribution < -0.4 is 5.32 Å². The minimum atomic E-state index is -0.763. The summed E-state index contributed by atoms with van der Waals surface area (Å²) in [6, 6.07) is 14.2. The molecule has 2 aliphatic heterocycles. The van der Waals surface area contributed by atoms with Gasteiger partial charge in [0.25, 0.3) is 5.91 Å². The predicted molar refractivity (Wildman–Crippen MR) is 153 cm³/mol. The molecule has 2 N–H and O–H groups in total. The molecule has 2 aromatic carbocycles. The molecule has 2 aliphatic rings. The van der Waals surface area contributed by atoms with Gasteiger partial charge in [-0.05, 0) is 35.6 Å². The van der Waals surface area contributed by atoms with E-state index in [-0.39, 0.29) is 30.7 Å². The number of aliphatic hydroxyl groups is 1. The fraction of sp³-hybridized carbons (Fsp3) is 0.367. The Morgan fingerprint density at radius 1 is 1.25 bits per heavy atom. The topological polar surface area (TPSA) is 122 Å². The Labute approximate surface area is 237 Å². The lowest BCUT2D eigenvalue weighted by Crippen LogP contribution is -2.55. The molecule has 1 aromatic heterocycles. The first kappa shape index (κ1) is 27.5.